The van der Waals surface area contributed by atoms with E-state index in [1.54, 1.807) is 59.6 Å². The van der Waals surface area contributed by atoms with E-state index in [1.165, 1.54) is 29.1 Å². The van der Waals surface area contributed by atoms with Gasteiger partial charge in [-0.25, -0.2) is 8.42 Å². The minimum Gasteiger partial charge on any atom is -0.578 e. The molecule has 2 aliphatic heterocycles. The van der Waals surface area contributed by atoms with Gasteiger partial charge in [-0.2, -0.15) is 13.9 Å². The summed E-state index contributed by atoms with van der Waals surface area (Å²) in [4.78, 5) is 11.9. The van der Waals surface area contributed by atoms with Crippen molar-refractivity contribution in [3.63, 3.8) is 0 Å². The molecule has 0 radical (unpaired) electrons. The van der Waals surface area contributed by atoms with Crippen LogP contribution in [-0.2, 0) is 27.6 Å². The largest absolute Gasteiger partial charge is 0.578 e. The van der Waals surface area contributed by atoms with Crippen molar-refractivity contribution >= 4 is 56.0 Å². The lowest BCUT2D eigenvalue weighted by Gasteiger charge is -2.46. The molecule has 6 rings (SSSR count). The summed E-state index contributed by atoms with van der Waals surface area (Å²) in [5, 5.41) is 7.47. The Morgan fingerprint density at radius 1 is 1.02 bits per heavy atom. The predicted octanol–water partition coefficient (Wildman–Crippen LogP) is 5.88. The number of aryl methyl sites for hydroxylation is 1. The molecule has 4 aromatic rings. The van der Waals surface area contributed by atoms with Gasteiger partial charge >= 0.3 is 5.92 Å². The highest BCUT2D eigenvalue weighted by Gasteiger charge is 2.48. The number of rotatable bonds is 5. The van der Waals surface area contributed by atoms with Crippen LogP contribution < -0.4 is 15.9 Å². The molecule has 0 fully saturated rings. The van der Waals surface area contributed by atoms with Gasteiger partial charge in [-0.1, -0.05) is 41.4 Å². The van der Waals surface area contributed by atoms with Gasteiger partial charge in [0.1, 0.15) is 0 Å². The lowest BCUT2D eigenvalue weighted by atomic mass is 9.97. The summed E-state index contributed by atoms with van der Waals surface area (Å²) < 4.78 is 55.9. The molecule has 3 heterocycles. The van der Waals surface area contributed by atoms with Gasteiger partial charge in [0.25, 0.3) is 5.91 Å². The molecule has 0 saturated heterocycles. The van der Waals surface area contributed by atoms with Crippen molar-refractivity contribution < 1.29 is 22.0 Å². The fourth-order valence-electron chi connectivity index (χ4n) is 4.91. The average molecular weight is 616 g/mol. The summed E-state index contributed by atoms with van der Waals surface area (Å²) in [7, 11) is -2.00. The first-order chi connectivity index (χ1) is 19.3. The lowest BCUT2D eigenvalue weighted by Crippen LogP contribution is -2.40. The number of halogens is 4. The number of amides is 1. The molecular weight excluding hydrogens is 597 g/mol. The number of carbonyl (C=O) groups is 1. The van der Waals surface area contributed by atoms with E-state index in [0.717, 1.165) is 6.26 Å². The molecule has 0 spiro atoms. The first-order valence-corrected chi connectivity index (χ1v) is 14.6. The van der Waals surface area contributed by atoms with Gasteiger partial charge in [-0.3, -0.25) is 14.5 Å². The Morgan fingerprint density at radius 2 is 1.73 bits per heavy atom. The van der Waals surface area contributed by atoms with Crippen LogP contribution in [-0.4, -0.2) is 30.4 Å². The molecule has 0 unspecified atom stereocenters. The minimum absolute atomic E-state index is 0.132. The monoisotopic (exact) mass is 615 g/mol. The summed E-state index contributed by atoms with van der Waals surface area (Å²) in [6.07, 6.45) is 2.57. The van der Waals surface area contributed by atoms with E-state index < -0.39 is 27.4 Å². The molecule has 3 aromatic carbocycles. The van der Waals surface area contributed by atoms with Crippen LogP contribution in [0.3, 0.4) is 0 Å². The topological polar surface area (TPSA) is 116 Å². The van der Waals surface area contributed by atoms with Crippen LogP contribution in [0.15, 0.2) is 71.8 Å². The summed E-state index contributed by atoms with van der Waals surface area (Å²) >= 11 is 12.7. The van der Waals surface area contributed by atoms with Gasteiger partial charge in [-0.05, 0) is 53.6 Å². The van der Waals surface area contributed by atoms with Crippen molar-refractivity contribution in [2.45, 2.75) is 10.8 Å². The number of primary amides is 1. The number of nitrogens with two attached hydrogens (primary N) is 1. The Bertz CT molecular complexity index is 1930. The molecule has 2 aliphatic rings. The average Bonchev–Trinajstić information content (AvgIpc) is 3.50. The SMILES string of the molecule is Cn1nc(C(F)(F)C(N)=O)c2c1-c1ccc(-c3cccc(S(C)(=O)=O)c3)cc1N1C(c3ccc(Cl)cc3Cl)=C[N-]N21. The number of hydrazine groups is 1. The smallest absolute Gasteiger partial charge is 0.369 e. The number of aromatic nitrogens is 2. The molecule has 1 amide bonds. The van der Waals surface area contributed by atoms with Gasteiger partial charge in [-0.15, -0.1) is 6.20 Å². The second kappa shape index (κ2) is 9.20. The first kappa shape index (κ1) is 27.1. The number of hydrogen-bond acceptors (Lipinski definition) is 6. The molecule has 41 heavy (non-hydrogen) atoms. The molecule has 14 heteroatoms. The van der Waals surface area contributed by atoms with Crippen molar-refractivity contribution in [1.82, 2.24) is 9.78 Å². The zero-order valence-corrected chi connectivity index (χ0v) is 23.6. The maximum absolute atomic E-state index is 15.1. The molecule has 1 aromatic heterocycles. The highest BCUT2D eigenvalue weighted by atomic mass is 35.5. The molecule has 9 nitrogen and oxygen atoms in total. The molecule has 0 saturated carbocycles. The van der Waals surface area contributed by atoms with E-state index in [-0.39, 0.29) is 16.3 Å². The maximum atomic E-state index is 15.1. The standard InChI is InChI=1S/C27H19Cl2F2N6O3S/c1-35-23-19-8-6-15(14-4-3-5-17(10-14)41(2,39)40)11-21(19)36-22(18-9-7-16(28)12-20(18)29)13-33-37(36)24(23)25(34-35)27(30,31)26(32)38/h3-13H,1-2H3,(H2,32,38)/q-1. The number of anilines is 2. The van der Waals surface area contributed by atoms with Crippen molar-refractivity contribution in [2.75, 3.05) is 16.4 Å². The van der Waals surface area contributed by atoms with Crippen molar-refractivity contribution in [3.05, 3.63) is 93.6 Å². The fraction of sp³-hybridized carbons (Fsp3) is 0.111. The maximum Gasteiger partial charge on any atom is 0.369 e. The Balaban J connectivity index is 1.61. The third kappa shape index (κ3) is 4.21. The number of nitrogens with zero attached hydrogens (tertiary/aromatic N) is 5. The number of fused-ring (bicyclic) bond motifs is 6. The van der Waals surface area contributed by atoms with Crippen LogP contribution in [0.4, 0.5) is 20.2 Å². The summed E-state index contributed by atoms with van der Waals surface area (Å²) in [6.45, 7) is 0. The van der Waals surface area contributed by atoms with Gasteiger partial charge in [0, 0.05) is 29.5 Å². The zero-order chi connectivity index (χ0) is 29.4. The van der Waals surface area contributed by atoms with Gasteiger partial charge < -0.3 is 16.3 Å². The van der Waals surface area contributed by atoms with Gasteiger partial charge in [0.2, 0.25) is 0 Å². The van der Waals surface area contributed by atoms with E-state index in [9.17, 15) is 13.2 Å². The normalized spacial score (nSPS) is 14.2. The number of carbonyl (C=O) groups excluding carboxylic acids is 1. The van der Waals surface area contributed by atoms with Crippen LogP contribution in [0.2, 0.25) is 10.0 Å². The predicted molar refractivity (Wildman–Crippen MR) is 153 cm³/mol. The lowest BCUT2D eigenvalue weighted by molar-refractivity contribution is -0.143. The molecule has 0 atom stereocenters. The van der Waals surface area contributed by atoms with Crippen LogP contribution in [0.5, 0.6) is 0 Å². The zero-order valence-electron chi connectivity index (χ0n) is 21.3. The van der Waals surface area contributed by atoms with Crippen LogP contribution in [0, 0.1) is 0 Å². The Hall–Kier alpha value is -4.13. The summed E-state index contributed by atoms with van der Waals surface area (Å²) in [5.74, 6) is -5.96. The van der Waals surface area contributed by atoms with Crippen molar-refractivity contribution in [2.24, 2.45) is 12.8 Å². The minimum atomic E-state index is -4.10. The summed E-state index contributed by atoms with van der Waals surface area (Å²) in [5.41, 5.74) is 12.0. The molecule has 2 N–H and O–H groups in total. The number of sulfone groups is 1. The second-order valence-electron chi connectivity index (χ2n) is 9.50. The second-order valence-corrected chi connectivity index (χ2v) is 12.4. The van der Waals surface area contributed by atoms with Crippen molar-refractivity contribution in [3.8, 4) is 22.4 Å². The van der Waals surface area contributed by atoms with Crippen molar-refractivity contribution in [1.29, 1.82) is 0 Å². The van der Waals surface area contributed by atoms with Crippen LogP contribution in [0.1, 0.15) is 11.3 Å². The fourth-order valence-corrected chi connectivity index (χ4v) is 6.09. The number of benzene rings is 3. The van der Waals surface area contributed by atoms with E-state index in [0.29, 0.717) is 43.7 Å². The van der Waals surface area contributed by atoms with Gasteiger partial charge in [0.05, 0.1) is 32.7 Å². The first-order valence-electron chi connectivity index (χ1n) is 12.0. The van der Waals surface area contributed by atoms with E-state index in [2.05, 4.69) is 10.5 Å². The Labute approximate surface area is 243 Å². The third-order valence-corrected chi connectivity index (χ3v) is 8.48. The Morgan fingerprint density at radius 3 is 2.41 bits per heavy atom. The highest BCUT2D eigenvalue weighted by Crippen LogP contribution is 2.54. The number of hydrogen-bond donors (Lipinski definition) is 1. The highest BCUT2D eigenvalue weighted by molar-refractivity contribution is 7.90. The quantitative estimate of drug-likeness (QED) is 0.299. The summed E-state index contributed by atoms with van der Waals surface area (Å²) in [6, 6.07) is 16.5. The van der Waals surface area contributed by atoms with Crippen LogP contribution in [0.25, 0.3) is 33.5 Å². The van der Waals surface area contributed by atoms with E-state index in [4.69, 9.17) is 28.9 Å². The van der Waals surface area contributed by atoms with Gasteiger partial charge in [0.15, 0.2) is 15.5 Å². The van der Waals surface area contributed by atoms with Crippen LogP contribution >= 0.6 is 23.2 Å². The van der Waals surface area contributed by atoms with E-state index >= 15 is 8.78 Å². The Kier molecular flexibility index (Phi) is 6.07. The molecule has 210 valence electrons. The molecule has 0 bridgehead atoms. The molecular formula is C27H19Cl2F2N6O3S-. The number of alkyl halides is 2. The van der Waals surface area contributed by atoms with E-state index in [1.807, 2.05) is 0 Å². The third-order valence-electron chi connectivity index (χ3n) is 6.82. The molecule has 0 aliphatic carbocycles.